The van der Waals surface area contributed by atoms with E-state index in [0.717, 1.165) is 22.0 Å². The minimum atomic E-state index is 0.736. The Hall–Kier alpha value is -2.84. The third-order valence-corrected chi connectivity index (χ3v) is 3.68. The summed E-state index contributed by atoms with van der Waals surface area (Å²) >= 11 is 5.89. The molecule has 0 unspecified atom stereocenters. The third-order valence-electron chi connectivity index (χ3n) is 3.43. The zero-order chi connectivity index (χ0) is 16.6. The van der Waals surface area contributed by atoms with Gasteiger partial charge in [0.2, 0.25) is 0 Å². The highest BCUT2D eigenvalue weighted by Crippen LogP contribution is 2.24. The van der Waals surface area contributed by atoms with Gasteiger partial charge in [-0.1, -0.05) is 66.2 Å². The van der Waals surface area contributed by atoms with Crippen molar-refractivity contribution in [1.82, 2.24) is 0 Å². The molecule has 3 aromatic carbocycles. The second-order valence-electron chi connectivity index (χ2n) is 5.16. The lowest BCUT2D eigenvalue weighted by atomic mass is 10.2. The molecule has 0 atom stereocenters. The van der Waals surface area contributed by atoms with E-state index in [1.54, 1.807) is 6.21 Å². The lowest BCUT2D eigenvalue weighted by molar-refractivity contribution is 1.09. The summed E-state index contributed by atoms with van der Waals surface area (Å²) in [4.78, 5) is 0. The van der Waals surface area contributed by atoms with Gasteiger partial charge in [-0.3, -0.25) is 0 Å². The molecule has 24 heavy (non-hydrogen) atoms. The predicted molar refractivity (Wildman–Crippen MR) is 104 cm³/mol. The lowest BCUT2D eigenvalue weighted by Gasteiger charge is -2.18. The van der Waals surface area contributed by atoms with Crippen molar-refractivity contribution in [3.05, 3.63) is 102 Å². The van der Waals surface area contributed by atoms with Gasteiger partial charge in [0, 0.05) is 11.2 Å². The van der Waals surface area contributed by atoms with E-state index < -0.39 is 0 Å². The van der Waals surface area contributed by atoms with Gasteiger partial charge in [0.1, 0.15) is 0 Å². The van der Waals surface area contributed by atoms with Crippen molar-refractivity contribution in [3.8, 4) is 0 Å². The first-order valence-corrected chi connectivity index (χ1v) is 8.07. The van der Waals surface area contributed by atoms with Crippen LogP contribution in [0.25, 0.3) is 6.08 Å². The van der Waals surface area contributed by atoms with Crippen molar-refractivity contribution in [2.75, 3.05) is 5.01 Å². The number of hydrogen-bond donors (Lipinski definition) is 0. The van der Waals surface area contributed by atoms with Crippen LogP contribution in [0.15, 0.2) is 96.1 Å². The second kappa shape index (κ2) is 8.14. The van der Waals surface area contributed by atoms with Gasteiger partial charge in [0.15, 0.2) is 0 Å². The van der Waals surface area contributed by atoms with Gasteiger partial charge in [-0.25, -0.2) is 5.01 Å². The maximum absolute atomic E-state index is 5.89. The Bertz CT molecular complexity index is 770. The van der Waals surface area contributed by atoms with Crippen LogP contribution in [0.3, 0.4) is 0 Å². The van der Waals surface area contributed by atoms with E-state index in [-0.39, 0.29) is 0 Å². The monoisotopic (exact) mass is 332 g/mol. The van der Waals surface area contributed by atoms with Crippen LogP contribution in [0.2, 0.25) is 5.02 Å². The average Bonchev–Trinajstić information content (AvgIpc) is 2.65. The molecule has 0 amide bonds. The minimum absolute atomic E-state index is 0.736. The van der Waals surface area contributed by atoms with E-state index in [1.165, 1.54) is 0 Å². The van der Waals surface area contributed by atoms with E-state index >= 15 is 0 Å². The molecule has 0 bridgehead atoms. The molecule has 3 rings (SSSR count). The first kappa shape index (κ1) is 16.0. The number of halogens is 1. The van der Waals surface area contributed by atoms with Crippen molar-refractivity contribution in [2.45, 2.75) is 0 Å². The van der Waals surface area contributed by atoms with Crippen LogP contribution in [0.1, 0.15) is 5.56 Å². The van der Waals surface area contributed by atoms with Gasteiger partial charge in [-0.15, -0.1) is 0 Å². The Labute approximate surface area is 147 Å². The zero-order valence-corrected chi connectivity index (χ0v) is 13.8. The smallest absolute Gasteiger partial charge is 0.0652 e. The van der Waals surface area contributed by atoms with E-state index in [9.17, 15) is 0 Å². The normalized spacial score (nSPS) is 11.2. The van der Waals surface area contributed by atoms with E-state index in [0.29, 0.717) is 0 Å². The number of rotatable bonds is 5. The quantitative estimate of drug-likeness (QED) is 0.402. The van der Waals surface area contributed by atoms with E-state index in [2.05, 4.69) is 5.10 Å². The maximum Gasteiger partial charge on any atom is 0.0652 e. The molecule has 3 aromatic rings. The molecule has 0 aromatic heterocycles. The molecule has 0 fully saturated rings. The summed E-state index contributed by atoms with van der Waals surface area (Å²) in [5, 5.41) is 7.24. The Morgan fingerprint density at radius 2 is 1.25 bits per heavy atom. The molecule has 0 saturated carbocycles. The van der Waals surface area contributed by atoms with Crippen molar-refractivity contribution < 1.29 is 0 Å². The molecule has 3 heteroatoms. The van der Waals surface area contributed by atoms with Crippen LogP contribution < -0.4 is 5.01 Å². The van der Waals surface area contributed by atoms with Crippen molar-refractivity contribution in [1.29, 1.82) is 0 Å². The molecule has 0 aliphatic carbocycles. The SMILES string of the molecule is Clc1ccc(/C=C/C=N/N(c2ccccc2)c2ccccc2)cc1. The highest BCUT2D eigenvalue weighted by Gasteiger charge is 2.05. The van der Waals surface area contributed by atoms with Gasteiger partial charge in [-0.05, 0) is 48.0 Å². The molecule has 0 N–H and O–H groups in total. The first-order valence-electron chi connectivity index (χ1n) is 7.69. The number of nitrogens with zero attached hydrogens (tertiary/aromatic N) is 2. The molecule has 0 saturated heterocycles. The first-order chi connectivity index (χ1) is 11.8. The van der Waals surface area contributed by atoms with E-state index in [4.69, 9.17) is 11.6 Å². The van der Waals surface area contributed by atoms with Crippen molar-refractivity contribution in [3.63, 3.8) is 0 Å². The number of anilines is 2. The molecular weight excluding hydrogens is 316 g/mol. The Kier molecular flexibility index (Phi) is 5.44. The van der Waals surface area contributed by atoms with Crippen LogP contribution >= 0.6 is 11.6 Å². The Balaban J connectivity index is 1.80. The van der Waals surface area contributed by atoms with Gasteiger partial charge >= 0.3 is 0 Å². The number of para-hydroxylation sites is 2. The van der Waals surface area contributed by atoms with Crippen molar-refractivity contribution in [2.24, 2.45) is 5.10 Å². The Morgan fingerprint density at radius 1 is 0.708 bits per heavy atom. The molecule has 0 aliphatic heterocycles. The molecule has 118 valence electrons. The predicted octanol–water partition coefficient (Wildman–Crippen LogP) is 6.18. The largest absolute Gasteiger partial charge is 0.234 e. The lowest BCUT2D eigenvalue weighted by Crippen LogP contribution is -2.08. The fourth-order valence-corrected chi connectivity index (χ4v) is 2.38. The van der Waals surface area contributed by atoms with Crippen LogP contribution in [-0.4, -0.2) is 6.21 Å². The molecule has 2 nitrogen and oxygen atoms in total. The van der Waals surface area contributed by atoms with Crippen LogP contribution in [0.4, 0.5) is 11.4 Å². The summed E-state index contributed by atoms with van der Waals surface area (Å²) in [7, 11) is 0. The highest BCUT2D eigenvalue weighted by atomic mass is 35.5. The van der Waals surface area contributed by atoms with Crippen LogP contribution in [0.5, 0.6) is 0 Å². The summed E-state index contributed by atoms with van der Waals surface area (Å²) in [6, 6.07) is 27.8. The number of hydrazone groups is 1. The zero-order valence-electron chi connectivity index (χ0n) is 13.1. The molecule has 0 aliphatic rings. The van der Waals surface area contributed by atoms with Crippen molar-refractivity contribution >= 4 is 35.3 Å². The average molecular weight is 333 g/mol. The molecular formula is C21H17ClN2. The number of allylic oxidation sites excluding steroid dienone is 1. The highest BCUT2D eigenvalue weighted by molar-refractivity contribution is 6.30. The fraction of sp³-hybridized carbons (Fsp3) is 0. The third kappa shape index (κ3) is 4.34. The Morgan fingerprint density at radius 3 is 1.79 bits per heavy atom. The minimum Gasteiger partial charge on any atom is -0.234 e. The van der Waals surface area contributed by atoms with Gasteiger partial charge < -0.3 is 0 Å². The maximum atomic E-state index is 5.89. The summed E-state index contributed by atoms with van der Waals surface area (Å²) in [6.45, 7) is 0. The number of hydrogen-bond acceptors (Lipinski definition) is 2. The van der Waals surface area contributed by atoms with Gasteiger partial charge in [0.25, 0.3) is 0 Å². The topological polar surface area (TPSA) is 15.6 Å². The van der Waals surface area contributed by atoms with Crippen LogP contribution in [0, 0.1) is 0 Å². The number of benzene rings is 3. The summed E-state index contributed by atoms with van der Waals surface area (Å²) < 4.78 is 0. The standard InChI is InChI=1S/C21H17ClN2/c22-19-15-13-18(14-16-19)8-7-17-23-24(20-9-3-1-4-10-20)21-11-5-2-6-12-21/h1-17H/b8-7+,23-17+. The molecule has 0 radical (unpaired) electrons. The second-order valence-corrected chi connectivity index (χ2v) is 5.59. The van der Waals surface area contributed by atoms with Gasteiger partial charge in [0.05, 0.1) is 11.4 Å². The molecule has 0 heterocycles. The summed E-state index contributed by atoms with van der Waals surface area (Å²) in [6.07, 6.45) is 5.70. The summed E-state index contributed by atoms with van der Waals surface area (Å²) in [5.41, 5.74) is 3.11. The van der Waals surface area contributed by atoms with Gasteiger partial charge in [-0.2, -0.15) is 5.10 Å². The van der Waals surface area contributed by atoms with E-state index in [1.807, 2.05) is 102 Å². The van der Waals surface area contributed by atoms with Crippen LogP contribution in [-0.2, 0) is 0 Å². The summed E-state index contributed by atoms with van der Waals surface area (Å²) in [5.74, 6) is 0. The molecule has 0 spiro atoms. The fourth-order valence-electron chi connectivity index (χ4n) is 2.25.